The van der Waals surface area contributed by atoms with Crippen molar-refractivity contribution in [3.05, 3.63) is 30.3 Å². The Morgan fingerprint density at radius 1 is 1.00 bits per heavy atom. The van der Waals surface area contributed by atoms with Crippen LogP contribution in [0.5, 0.6) is 0 Å². The molecule has 0 nitrogen and oxygen atoms in total. The Bertz CT molecular complexity index is 141. The third-order valence-corrected chi connectivity index (χ3v) is 1.18. The molecule has 0 saturated carbocycles. The molecule has 9 heavy (non-hydrogen) atoms. The van der Waals surface area contributed by atoms with Crippen LogP contribution in [-0.2, 0) is 0 Å². The van der Waals surface area contributed by atoms with E-state index in [1.165, 1.54) is 5.30 Å². The summed E-state index contributed by atoms with van der Waals surface area (Å²) in [6.45, 7) is 0. The molecule has 1 aromatic carbocycles. The van der Waals surface area contributed by atoms with Gasteiger partial charge in [0.2, 0.25) is 0 Å². The third kappa shape index (κ3) is 5.55. The van der Waals surface area contributed by atoms with Gasteiger partial charge in [-0.2, -0.15) is 0 Å². The van der Waals surface area contributed by atoms with Crippen LogP contribution in [0.15, 0.2) is 30.3 Å². The maximum atomic E-state index is 2.63. The van der Waals surface area contributed by atoms with Gasteiger partial charge in [0, 0.05) is 37.2 Å². The van der Waals surface area contributed by atoms with E-state index in [0.717, 1.165) is 0 Å². The summed E-state index contributed by atoms with van der Waals surface area (Å²) in [5.41, 5.74) is 0. The molecule has 3 heteroatoms. The van der Waals surface area contributed by atoms with Crippen LogP contribution in [-0.4, -0.2) is 0 Å². The molecule has 0 bridgehead atoms. The topological polar surface area (TPSA) is 0 Å². The molecule has 0 aliphatic rings. The van der Waals surface area contributed by atoms with Gasteiger partial charge in [0.15, 0.2) is 0 Å². The smallest absolute Gasteiger partial charge is 0 e. The molecule has 0 amide bonds. The quantitative estimate of drug-likeness (QED) is 0.491. The monoisotopic (exact) mass is 364 g/mol. The largest absolute Gasteiger partial charge is 0.106 e. The molecule has 0 spiro atoms. The second kappa shape index (κ2) is 7.22. The van der Waals surface area contributed by atoms with Crippen LogP contribution in [0.2, 0.25) is 0 Å². The van der Waals surface area contributed by atoms with Crippen molar-refractivity contribution in [2.75, 3.05) is 0 Å². The van der Waals surface area contributed by atoms with Gasteiger partial charge in [-0.3, -0.25) is 0 Å². The van der Waals surface area contributed by atoms with Crippen LogP contribution in [0, 0.1) is 0 Å². The lowest BCUT2D eigenvalue weighted by Gasteiger charge is -1.82. The predicted molar refractivity (Wildman–Crippen MR) is 63.8 cm³/mol. The number of benzene rings is 1. The third-order valence-electron chi connectivity index (χ3n) is 0.800. The standard InChI is InChI=1S/C6H7P.I2/c7-6-4-2-1-3-5-6;1-2/h1-5H,7H2;. The molecule has 0 saturated heterocycles. The van der Waals surface area contributed by atoms with Gasteiger partial charge in [-0.25, -0.2) is 0 Å². The average molecular weight is 364 g/mol. The molecule has 1 rings (SSSR count). The zero-order valence-corrected chi connectivity index (χ0v) is 10.2. The molecule has 0 radical (unpaired) electrons. The van der Waals surface area contributed by atoms with Crippen molar-refractivity contribution in [2.24, 2.45) is 0 Å². The second-order valence-electron chi connectivity index (χ2n) is 1.41. The Hall–Kier alpha value is 1.11. The molecule has 0 heterocycles. The summed E-state index contributed by atoms with van der Waals surface area (Å²) in [6.07, 6.45) is 0. The lowest BCUT2D eigenvalue weighted by atomic mass is 10.4. The highest BCUT2D eigenvalue weighted by Crippen LogP contribution is 1.89. The summed E-state index contributed by atoms with van der Waals surface area (Å²) in [4.78, 5) is 0. The van der Waals surface area contributed by atoms with Gasteiger partial charge in [0.1, 0.15) is 0 Å². The predicted octanol–water partition coefficient (Wildman–Crippen LogP) is 2.96. The normalized spacial score (nSPS) is 7.44. The summed E-state index contributed by atoms with van der Waals surface area (Å²) in [5.74, 6) is 0. The molecule has 1 atom stereocenters. The first-order valence-corrected chi connectivity index (χ1v) is 9.21. The minimum atomic E-state index is 1.24. The van der Waals surface area contributed by atoms with Gasteiger partial charge < -0.3 is 0 Å². The number of rotatable bonds is 0. The van der Waals surface area contributed by atoms with Crippen LogP contribution in [0.3, 0.4) is 0 Å². The maximum Gasteiger partial charge on any atom is 0 e. The van der Waals surface area contributed by atoms with Crippen LogP contribution < -0.4 is 5.30 Å². The van der Waals surface area contributed by atoms with E-state index in [1.807, 2.05) is 30.3 Å². The van der Waals surface area contributed by atoms with E-state index >= 15 is 0 Å². The van der Waals surface area contributed by atoms with E-state index in [1.54, 1.807) is 0 Å². The first kappa shape index (κ1) is 10.1. The number of halogens is 2. The Morgan fingerprint density at radius 2 is 1.44 bits per heavy atom. The van der Waals surface area contributed by atoms with E-state index in [4.69, 9.17) is 0 Å². The first-order valence-electron chi connectivity index (χ1n) is 2.34. The van der Waals surface area contributed by atoms with Crippen LogP contribution in [0.4, 0.5) is 0 Å². The van der Waals surface area contributed by atoms with Gasteiger partial charge >= 0.3 is 0 Å². The molecular formula is C6H7I2P. The highest BCUT2D eigenvalue weighted by atomic mass is 128. The zero-order chi connectivity index (χ0) is 7.11. The fourth-order valence-electron chi connectivity index (χ4n) is 0.453. The minimum absolute atomic E-state index is 1.24. The van der Waals surface area contributed by atoms with Gasteiger partial charge in [-0.05, 0) is 5.30 Å². The lowest BCUT2D eigenvalue weighted by molar-refractivity contribution is 1.78. The molecule has 50 valence electrons. The van der Waals surface area contributed by atoms with E-state index in [2.05, 4.69) is 46.5 Å². The minimum Gasteiger partial charge on any atom is -0.106 e. The zero-order valence-electron chi connectivity index (χ0n) is 4.72. The number of hydrogen-bond acceptors (Lipinski definition) is 0. The summed E-state index contributed by atoms with van der Waals surface area (Å²) >= 11 is 4.24. The van der Waals surface area contributed by atoms with Gasteiger partial charge in [-0.1, -0.05) is 30.3 Å². The fourth-order valence-corrected chi connectivity index (χ4v) is 0.675. The van der Waals surface area contributed by atoms with E-state index in [-0.39, 0.29) is 0 Å². The molecule has 0 fully saturated rings. The van der Waals surface area contributed by atoms with E-state index in [0.29, 0.717) is 0 Å². The van der Waals surface area contributed by atoms with Gasteiger partial charge in [-0.15, -0.1) is 9.24 Å². The Kier molecular flexibility index (Phi) is 8.11. The van der Waals surface area contributed by atoms with Crippen molar-refractivity contribution in [3.63, 3.8) is 0 Å². The van der Waals surface area contributed by atoms with E-state index < -0.39 is 0 Å². The SMILES string of the molecule is II.Pc1ccccc1. The van der Waals surface area contributed by atoms with Crippen molar-refractivity contribution in [2.45, 2.75) is 0 Å². The second-order valence-corrected chi connectivity index (χ2v) is 2.08. The van der Waals surface area contributed by atoms with Crippen LogP contribution >= 0.6 is 46.5 Å². The molecule has 0 aromatic heterocycles. The Labute approximate surface area is 81.3 Å². The fraction of sp³-hybridized carbons (Fsp3) is 0. The lowest BCUT2D eigenvalue weighted by Crippen LogP contribution is -1.82. The summed E-state index contributed by atoms with van der Waals surface area (Å²) in [6, 6.07) is 10.1. The number of hydrogen-bond donors (Lipinski definition) is 0. The summed E-state index contributed by atoms with van der Waals surface area (Å²) in [7, 11) is 2.63. The summed E-state index contributed by atoms with van der Waals surface area (Å²) in [5, 5.41) is 1.24. The Morgan fingerprint density at radius 3 is 1.67 bits per heavy atom. The first-order chi connectivity index (χ1) is 4.39. The molecule has 0 N–H and O–H groups in total. The van der Waals surface area contributed by atoms with Crippen LogP contribution in [0.1, 0.15) is 0 Å². The van der Waals surface area contributed by atoms with Crippen LogP contribution in [0.25, 0.3) is 0 Å². The van der Waals surface area contributed by atoms with Crippen molar-refractivity contribution < 1.29 is 0 Å². The average Bonchev–Trinajstić information content (AvgIpc) is 1.94. The van der Waals surface area contributed by atoms with Crippen molar-refractivity contribution >= 4 is 51.8 Å². The molecular weight excluding hydrogens is 357 g/mol. The van der Waals surface area contributed by atoms with Crippen molar-refractivity contribution in [3.8, 4) is 0 Å². The highest BCUT2D eigenvalue weighted by Gasteiger charge is 1.72. The van der Waals surface area contributed by atoms with Gasteiger partial charge in [0.05, 0.1) is 0 Å². The molecule has 0 aliphatic heterocycles. The molecule has 0 aliphatic carbocycles. The highest BCUT2D eigenvalue weighted by molar-refractivity contribution is 15.0. The molecule has 1 unspecified atom stereocenters. The van der Waals surface area contributed by atoms with E-state index in [9.17, 15) is 0 Å². The van der Waals surface area contributed by atoms with Crippen molar-refractivity contribution in [1.82, 2.24) is 0 Å². The summed E-state index contributed by atoms with van der Waals surface area (Å²) < 4.78 is 0. The van der Waals surface area contributed by atoms with Gasteiger partial charge in [0.25, 0.3) is 0 Å². The maximum absolute atomic E-state index is 2.63. The Balaban J connectivity index is 0.000000291. The van der Waals surface area contributed by atoms with Crippen molar-refractivity contribution in [1.29, 1.82) is 0 Å². The molecule has 1 aromatic rings.